The Labute approximate surface area is 115 Å². The lowest BCUT2D eigenvalue weighted by atomic mass is 10.1. The zero-order valence-electron chi connectivity index (χ0n) is 11.9. The van der Waals surface area contributed by atoms with Gasteiger partial charge in [-0.25, -0.2) is 4.39 Å². The summed E-state index contributed by atoms with van der Waals surface area (Å²) in [6, 6.07) is 5.51. The van der Waals surface area contributed by atoms with Crippen LogP contribution in [0.3, 0.4) is 0 Å². The number of aliphatic hydroxyl groups excluding tert-OH is 1. The van der Waals surface area contributed by atoms with E-state index >= 15 is 0 Å². The molecule has 1 unspecified atom stereocenters. The molecular weight excluding hydrogens is 241 g/mol. The third kappa shape index (κ3) is 4.66. The Morgan fingerprint density at radius 3 is 2.68 bits per heavy atom. The van der Waals surface area contributed by atoms with Crippen LogP contribution in [0.1, 0.15) is 38.3 Å². The van der Waals surface area contributed by atoms with Crippen LogP contribution in [0.15, 0.2) is 18.2 Å². The molecule has 1 aromatic rings. The molecule has 1 aromatic carbocycles. The molecule has 0 saturated heterocycles. The molecule has 19 heavy (non-hydrogen) atoms. The average Bonchev–Trinajstić information content (AvgIpc) is 2.44. The van der Waals surface area contributed by atoms with Crippen LogP contribution >= 0.6 is 0 Å². The summed E-state index contributed by atoms with van der Waals surface area (Å²) in [5.41, 5.74) is 1.40. The van der Waals surface area contributed by atoms with E-state index in [0.29, 0.717) is 11.6 Å². The van der Waals surface area contributed by atoms with Gasteiger partial charge in [0.2, 0.25) is 0 Å². The van der Waals surface area contributed by atoms with Gasteiger partial charge in [0.15, 0.2) is 0 Å². The number of halogens is 1. The summed E-state index contributed by atoms with van der Waals surface area (Å²) < 4.78 is 13.5. The van der Waals surface area contributed by atoms with E-state index in [1.165, 1.54) is 6.07 Å². The number of aliphatic hydroxyl groups is 1. The zero-order chi connectivity index (χ0) is 14.3. The second kappa shape index (κ2) is 7.93. The third-order valence-corrected chi connectivity index (χ3v) is 3.34. The van der Waals surface area contributed by atoms with Gasteiger partial charge in [-0.2, -0.15) is 0 Å². The first-order valence-electron chi connectivity index (χ1n) is 6.74. The maximum absolute atomic E-state index is 13.5. The van der Waals surface area contributed by atoms with E-state index in [1.807, 2.05) is 0 Å². The fraction of sp³-hybridized carbons (Fsp3) is 0.500. The molecule has 0 spiro atoms. The number of hydrogen-bond donors (Lipinski definition) is 1. The highest BCUT2D eigenvalue weighted by molar-refractivity contribution is 5.38. The summed E-state index contributed by atoms with van der Waals surface area (Å²) >= 11 is 0. The van der Waals surface area contributed by atoms with Crippen molar-refractivity contribution in [3.8, 4) is 11.8 Å². The smallest absolute Gasteiger partial charge is 0.138 e. The minimum Gasteiger partial charge on any atom is -0.384 e. The Kier molecular flexibility index (Phi) is 6.55. The SMILES string of the molecule is CCC(C)N(CC)Cc1ccc(F)c(C#CCO)c1. The fourth-order valence-corrected chi connectivity index (χ4v) is 1.97. The molecule has 0 aliphatic carbocycles. The fourth-order valence-electron chi connectivity index (χ4n) is 1.97. The minimum absolute atomic E-state index is 0.252. The number of benzene rings is 1. The molecule has 0 bridgehead atoms. The Hall–Kier alpha value is -1.37. The van der Waals surface area contributed by atoms with Crippen LogP contribution in [0.4, 0.5) is 4.39 Å². The Morgan fingerprint density at radius 2 is 2.11 bits per heavy atom. The van der Waals surface area contributed by atoms with Gasteiger partial charge < -0.3 is 5.11 Å². The highest BCUT2D eigenvalue weighted by Gasteiger charge is 2.11. The van der Waals surface area contributed by atoms with E-state index in [0.717, 1.165) is 25.1 Å². The van der Waals surface area contributed by atoms with E-state index < -0.39 is 0 Å². The number of nitrogens with zero attached hydrogens (tertiary/aromatic N) is 1. The molecule has 104 valence electrons. The molecule has 1 atom stereocenters. The van der Waals surface area contributed by atoms with Gasteiger partial charge in [-0.15, -0.1) is 0 Å². The van der Waals surface area contributed by atoms with Crippen molar-refractivity contribution in [1.82, 2.24) is 4.90 Å². The molecule has 1 rings (SSSR count). The highest BCUT2D eigenvalue weighted by Crippen LogP contribution is 2.14. The quantitative estimate of drug-likeness (QED) is 0.826. The van der Waals surface area contributed by atoms with Crippen LogP contribution in [0.25, 0.3) is 0 Å². The minimum atomic E-state index is -0.337. The van der Waals surface area contributed by atoms with Crippen molar-refractivity contribution in [3.05, 3.63) is 35.1 Å². The predicted octanol–water partition coefficient (Wildman–Crippen LogP) is 2.79. The van der Waals surface area contributed by atoms with Crippen molar-refractivity contribution >= 4 is 0 Å². The topological polar surface area (TPSA) is 23.5 Å². The summed E-state index contributed by atoms with van der Waals surface area (Å²) in [7, 11) is 0. The molecule has 0 aliphatic rings. The Morgan fingerprint density at radius 1 is 1.37 bits per heavy atom. The number of hydrogen-bond acceptors (Lipinski definition) is 2. The Balaban J connectivity index is 2.89. The van der Waals surface area contributed by atoms with Gasteiger partial charge in [-0.1, -0.05) is 31.8 Å². The van der Waals surface area contributed by atoms with E-state index in [2.05, 4.69) is 37.5 Å². The van der Waals surface area contributed by atoms with Crippen LogP contribution in [-0.2, 0) is 6.54 Å². The van der Waals surface area contributed by atoms with Crippen molar-refractivity contribution in [2.75, 3.05) is 13.2 Å². The first-order chi connectivity index (χ1) is 9.12. The highest BCUT2D eigenvalue weighted by atomic mass is 19.1. The van der Waals surface area contributed by atoms with Crippen molar-refractivity contribution in [2.45, 2.75) is 39.8 Å². The second-order valence-electron chi connectivity index (χ2n) is 4.59. The summed E-state index contributed by atoms with van der Waals surface area (Å²) in [6.45, 7) is 7.99. The monoisotopic (exact) mass is 263 g/mol. The van der Waals surface area contributed by atoms with Crippen molar-refractivity contribution in [3.63, 3.8) is 0 Å². The van der Waals surface area contributed by atoms with E-state index in [9.17, 15) is 4.39 Å². The first kappa shape index (κ1) is 15.7. The van der Waals surface area contributed by atoms with Gasteiger partial charge in [0, 0.05) is 12.6 Å². The summed E-state index contributed by atoms with van der Waals surface area (Å²) in [5, 5.41) is 8.67. The lowest BCUT2D eigenvalue weighted by Gasteiger charge is -2.27. The molecule has 0 saturated carbocycles. The van der Waals surface area contributed by atoms with Crippen LogP contribution < -0.4 is 0 Å². The van der Waals surface area contributed by atoms with Gasteiger partial charge in [0.1, 0.15) is 12.4 Å². The second-order valence-corrected chi connectivity index (χ2v) is 4.59. The van der Waals surface area contributed by atoms with E-state index in [-0.39, 0.29) is 12.4 Å². The first-order valence-corrected chi connectivity index (χ1v) is 6.74. The molecule has 3 heteroatoms. The largest absolute Gasteiger partial charge is 0.384 e. The van der Waals surface area contributed by atoms with Gasteiger partial charge in [-0.3, -0.25) is 4.90 Å². The lowest BCUT2D eigenvalue weighted by molar-refractivity contribution is 0.206. The van der Waals surface area contributed by atoms with Crippen molar-refractivity contribution < 1.29 is 9.50 Å². The summed E-state index contributed by atoms with van der Waals surface area (Å²) in [6.07, 6.45) is 1.09. The van der Waals surface area contributed by atoms with E-state index in [4.69, 9.17) is 5.11 Å². The molecule has 0 amide bonds. The average molecular weight is 263 g/mol. The van der Waals surface area contributed by atoms with Gasteiger partial charge in [-0.05, 0) is 37.6 Å². The van der Waals surface area contributed by atoms with Crippen LogP contribution in [0.5, 0.6) is 0 Å². The lowest BCUT2D eigenvalue weighted by Crippen LogP contribution is -2.31. The number of rotatable bonds is 5. The van der Waals surface area contributed by atoms with E-state index in [1.54, 1.807) is 12.1 Å². The summed E-state index contributed by atoms with van der Waals surface area (Å²) in [4.78, 5) is 2.34. The summed E-state index contributed by atoms with van der Waals surface area (Å²) in [5.74, 6) is 4.79. The van der Waals surface area contributed by atoms with Gasteiger partial charge >= 0.3 is 0 Å². The van der Waals surface area contributed by atoms with Crippen LogP contribution in [0, 0.1) is 17.7 Å². The zero-order valence-corrected chi connectivity index (χ0v) is 11.9. The Bertz CT molecular complexity index is 462. The third-order valence-electron chi connectivity index (χ3n) is 3.34. The van der Waals surface area contributed by atoms with Crippen LogP contribution in [0.2, 0.25) is 0 Å². The molecule has 2 nitrogen and oxygen atoms in total. The molecule has 0 radical (unpaired) electrons. The van der Waals surface area contributed by atoms with Crippen LogP contribution in [-0.4, -0.2) is 29.2 Å². The molecule has 0 heterocycles. The molecule has 0 fully saturated rings. The molecule has 0 aromatic heterocycles. The maximum Gasteiger partial charge on any atom is 0.138 e. The molecule has 1 N–H and O–H groups in total. The van der Waals surface area contributed by atoms with Crippen molar-refractivity contribution in [2.24, 2.45) is 0 Å². The maximum atomic E-state index is 13.5. The van der Waals surface area contributed by atoms with Gasteiger partial charge in [0.05, 0.1) is 5.56 Å². The standard InChI is InChI=1S/C16H22FNO/c1-4-13(3)18(5-2)12-14-8-9-16(17)15(11-14)7-6-10-19/h8-9,11,13,19H,4-5,10,12H2,1-3H3. The normalized spacial score (nSPS) is 12.1. The van der Waals surface area contributed by atoms with Gasteiger partial charge in [0.25, 0.3) is 0 Å². The molecule has 0 aliphatic heterocycles. The van der Waals surface area contributed by atoms with Crippen molar-refractivity contribution in [1.29, 1.82) is 0 Å². The predicted molar refractivity (Wildman–Crippen MR) is 76.2 cm³/mol. The molecular formula is C16H22FNO.